The van der Waals surface area contributed by atoms with E-state index in [1.54, 1.807) is 0 Å². The van der Waals surface area contributed by atoms with Crippen molar-refractivity contribution in [2.45, 2.75) is 30.1 Å². The van der Waals surface area contributed by atoms with E-state index in [0.29, 0.717) is 0 Å². The van der Waals surface area contributed by atoms with Gasteiger partial charge < -0.3 is 14.2 Å². The Morgan fingerprint density at radius 3 is 1.30 bits per heavy atom. The number of rotatable bonds is 14. The van der Waals surface area contributed by atoms with E-state index >= 15 is 0 Å². The van der Waals surface area contributed by atoms with Crippen molar-refractivity contribution in [3.63, 3.8) is 0 Å². The van der Waals surface area contributed by atoms with Crippen LogP contribution in [-0.4, -0.2) is 0 Å². The van der Waals surface area contributed by atoms with E-state index in [2.05, 4.69) is 497 Å². The summed E-state index contributed by atoms with van der Waals surface area (Å²) in [7, 11) is 0. The molecule has 3 aliphatic rings. The summed E-state index contributed by atoms with van der Waals surface area (Å²) in [6, 6.07) is 174. The minimum Gasteiger partial charge on any atom is -0.456 e. The highest BCUT2D eigenvalue weighted by Crippen LogP contribution is 2.61. The number of benzene rings is 20. The lowest BCUT2D eigenvalue weighted by molar-refractivity contribution is 0.660. The molecule has 598 valence electrons. The molecule has 4 heteroatoms. The Bertz CT molecular complexity index is 7970. The van der Waals surface area contributed by atoms with Crippen molar-refractivity contribution >= 4 is 98.3 Å². The maximum atomic E-state index is 6.87. The molecule has 1 atom stereocenters. The molecule has 22 aromatic rings. The molecular formula is C123H84N2OS. The first-order chi connectivity index (χ1) is 62.7. The average Bonchev–Trinajstić information content (AvgIpc) is 1.53. The summed E-state index contributed by atoms with van der Waals surface area (Å²) < 4.78 is 9.47. The van der Waals surface area contributed by atoms with Gasteiger partial charge >= 0.3 is 0 Å². The molecule has 3 nitrogen and oxygen atoms in total. The Labute approximate surface area is 744 Å². The van der Waals surface area contributed by atoms with Crippen LogP contribution in [0.25, 0.3) is 131 Å². The monoisotopic (exact) mass is 1640 g/mol. The van der Waals surface area contributed by atoms with Crippen LogP contribution in [-0.2, 0) is 16.2 Å². The molecular weight excluding hydrogens is 1550 g/mol. The molecule has 0 amide bonds. The number of nitrogens with zero attached hydrogens (tertiary/aromatic N) is 2. The first-order valence-electron chi connectivity index (χ1n) is 44.0. The zero-order valence-corrected chi connectivity index (χ0v) is 71.1. The van der Waals surface area contributed by atoms with Gasteiger partial charge in [0.1, 0.15) is 11.2 Å². The maximum Gasteiger partial charge on any atom is 0.137 e. The van der Waals surface area contributed by atoms with Crippen LogP contribution in [0, 0.1) is 0 Å². The zero-order valence-electron chi connectivity index (χ0n) is 70.2. The number of para-hydroxylation sites is 1. The van der Waals surface area contributed by atoms with Crippen molar-refractivity contribution in [1.29, 1.82) is 0 Å². The van der Waals surface area contributed by atoms with E-state index in [9.17, 15) is 0 Å². The van der Waals surface area contributed by atoms with Crippen LogP contribution in [0.3, 0.4) is 0 Å². The lowest BCUT2D eigenvalue weighted by atomic mass is 9.67. The lowest BCUT2D eigenvalue weighted by Gasteiger charge is -2.34. The second kappa shape index (κ2) is 30.4. The third kappa shape index (κ3) is 12.1. The molecule has 0 N–H and O–H groups in total. The van der Waals surface area contributed by atoms with Crippen LogP contribution in [0.1, 0.15) is 69.5 Å². The smallest absolute Gasteiger partial charge is 0.137 e. The predicted molar refractivity (Wildman–Crippen MR) is 534 cm³/mol. The Morgan fingerprint density at radius 2 is 0.654 bits per heavy atom. The van der Waals surface area contributed by atoms with E-state index in [1.165, 1.54) is 164 Å². The molecule has 25 rings (SSSR count). The minimum absolute atomic E-state index is 0.157. The Kier molecular flexibility index (Phi) is 17.9. The summed E-state index contributed by atoms with van der Waals surface area (Å²) in [5.74, 6) is 0. The molecule has 0 saturated carbocycles. The van der Waals surface area contributed by atoms with Gasteiger partial charge in [-0.2, -0.15) is 0 Å². The van der Waals surface area contributed by atoms with Crippen LogP contribution < -0.4 is 9.80 Å². The third-order valence-corrected chi connectivity index (χ3v) is 28.5. The second-order valence-electron chi connectivity index (χ2n) is 34.4. The van der Waals surface area contributed by atoms with Gasteiger partial charge in [0.15, 0.2) is 0 Å². The van der Waals surface area contributed by atoms with Gasteiger partial charge in [0, 0.05) is 59.4 Å². The molecule has 2 aromatic heterocycles. The molecule has 0 bridgehead atoms. The number of hydrogen-bond donors (Lipinski definition) is 0. The van der Waals surface area contributed by atoms with Crippen molar-refractivity contribution in [3.05, 3.63) is 529 Å². The van der Waals surface area contributed by atoms with Crippen molar-refractivity contribution in [2.24, 2.45) is 0 Å². The zero-order chi connectivity index (χ0) is 84.3. The van der Waals surface area contributed by atoms with Gasteiger partial charge in [0.05, 0.1) is 21.9 Å². The predicted octanol–water partition coefficient (Wildman–Crippen LogP) is 33.4. The molecule has 2 heterocycles. The maximum absolute atomic E-state index is 6.87. The van der Waals surface area contributed by atoms with E-state index < -0.39 is 10.8 Å². The van der Waals surface area contributed by atoms with Gasteiger partial charge in [0.25, 0.3) is 0 Å². The SMILES string of the molecule is CC1(C)c2ccccc2-c2ccc(N(c3ccc(-c4ccccc4)cc3)c3cccc4oc5ccc(C6(c7ccc(-c8ccccc8)cc7)c7ccccc7-c7ccccc76)cc5c34)cc21.c1ccc(-c2ccc(N(c3ccccc3)c3cccc(-c4cccc5c4sc4ccc(C6(c7ccccc7)c7ccccc7-c7c6ccc6ccccc76)cc45)c3)cc2)cc1. The van der Waals surface area contributed by atoms with Gasteiger partial charge in [-0.25, -0.2) is 0 Å². The molecule has 0 spiro atoms. The number of fused-ring (bicyclic) bond motifs is 17. The van der Waals surface area contributed by atoms with Crippen molar-refractivity contribution in [2.75, 3.05) is 9.80 Å². The molecule has 0 radical (unpaired) electrons. The molecule has 0 saturated heterocycles. The normalized spacial score (nSPS) is 14.1. The molecule has 3 aliphatic carbocycles. The van der Waals surface area contributed by atoms with E-state index in [0.717, 1.165) is 56.1 Å². The summed E-state index contributed by atoms with van der Waals surface area (Å²) in [6.07, 6.45) is 0. The van der Waals surface area contributed by atoms with Crippen LogP contribution >= 0.6 is 11.3 Å². The van der Waals surface area contributed by atoms with Crippen LogP contribution in [0.15, 0.2) is 478 Å². The molecule has 127 heavy (non-hydrogen) atoms. The average molecular weight is 1640 g/mol. The van der Waals surface area contributed by atoms with Gasteiger partial charge in [0.2, 0.25) is 0 Å². The van der Waals surface area contributed by atoms with Gasteiger partial charge in [-0.05, 0) is 241 Å². The van der Waals surface area contributed by atoms with Gasteiger partial charge in [-0.1, -0.05) is 390 Å². The fourth-order valence-corrected chi connectivity index (χ4v) is 22.8. The van der Waals surface area contributed by atoms with Crippen molar-refractivity contribution < 1.29 is 4.42 Å². The summed E-state index contributed by atoms with van der Waals surface area (Å²) in [5.41, 5.74) is 37.5. The van der Waals surface area contributed by atoms with E-state index in [4.69, 9.17) is 4.42 Å². The Hall–Kier alpha value is -15.7. The molecule has 20 aromatic carbocycles. The fraction of sp³-hybridized carbons (Fsp3) is 0.0407. The highest BCUT2D eigenvalue weighted by Gasteiger charge is 2.49. The highest BCUT2D eigenvalue weighted by molar-refractivity contribution is 7.26. The first-order valence-corrected chi connectivity index (χ1v) is 44.8. The van der Waals surface area contributed by atoms with Crippen LogP contribution in [0.4, 0.5) is 34.1 Å². The number of hydrogen-bond acceptors (Lipinski definition) is 4. The molecule has 0 fully saturated rings. The third-order valence-electron chi connectivity index (χ3n) is 27.3. The first kappa shape index (κ1) is 75.1. The van der Waals surface area contributed by atoms with Gasteiger partial charge in [-0.3, -0.25) is 0 Å². The quantitative estimate of drug-likeness (QED) is 0.108. The Morgan fingerprint density at radius 1 is 0.228 bits per heavy atom. The summed E-state index contributed by atoms with van der Waals surface area (Å²) in [6.45, 7) is 4.72. The van der Waals surface area contributed by atoms with Crippen LogP contribution in [0.2, 0.25) is 0 Å². The summed E-state index contributed by atoms with van der Waals surface area (Å²) in [5, 5.41) is 7.31. The van der Waals surface area contributed by atoms with E-state index in [-0.39, 0.29) is 5.41 Å². The fourth-order valence-electron chi connectivity index (χ4n) is 21.5. The molecule has 0 aliphatic heterocycles. The largest absolute Gasteiger partial charge is 0.456 e. The number of furan rings is 1. The summed E-state index contributed by atoms with van der Waals surface area (Å²) in [4.78, 5) is 4.80. The lowest BCUT2D eigenvalue weighted by Crippen LogP contribution is -2.28. The van der Waals surface area contributed by atoms with E-state index in [1.807, 2.05) is 11.3 Å². The van der Waals surface area contributed by atoms with Gasteiger partial charge in [-0.15, -0.1) is 11.3 Å². The Balaban J connectivity index is 0.000000142. The second-order valence-corrected chi connectivity index (χ2v) is 35.4. The minimum atomic E-state index is -0.581. The topological polar surface area (TPSA) is 19.6 Å². The standard InChI is InChI=1S/C64H45NO.C59H39NS/c1-63(2)55-23-12-9-20-50(55)53-38-37-49(41-58(53)63)65(48-35-30-45(31-36-48)43-18-7-4-8-19-43)59-26-15-27-61-62(59)54-40-47(34-39-60(54)66-61)64(46-32-28-44(29-33-46)42-16-5-3-6-17-42)56-24-13-10-21-51(56)52-22-11-14-25-57(52)64;1-4-16-40(17-5-1)41-30-34-47(35-31-41)60(46-22-8-3-9-23-46)48-24-14-19-43(38-48)50-27-15-28-51-53-39-45(33-37-56(53)61-58(50)51)59(44-20-6-2-7-21-44)54-29-13-12-26-52(54)57-49-25-11-10-18-42(49)32-36-55(57)59/h3-41H,1-2H3;1-39H. The summed E-state index contributed by atoms with van der Waals surface area (Å²) >= 11 is 1.90. The van der Waals surface area contributed by atoms with Crippen molar-refractivity contribution in [1.82, 2.24) is 0 Å². The number of thiophene rings is 1. The van der Waals surface area contributed by atoms with Crippen molar-refractivity contribution in [3.8, 4) is 77.9 Å². The number of anilines is 6. The highest BCUT2D eigenvalue weighted by atomic mass is 32.1. The molecule has 1 unspecified atom stereocenters. The van der Waals surface area contributed by atoms with Crippen LogP contribution in [0.5, 0.6) is 0 Å².